The van der Waals surface area contributed by atoms with E-state index >= 15 is 0 Å². The molecule has 1 aliphatic heterocycles. The molecular formula is C14H16F3N3O4. The normalized spacial score (nSPS) is 17.6. The number of rotatable bonds is 3. The van der Waals surface area contributed by atoms with Gasteiger partial charge in [0.25, 0.3) is 5.69 Å². The number of nitro benzene ring substituents is 1. The predicted octanol–water partition coefficient (Wildman–Crippen LogP) is 2.97. The van der Waals surface area contributed by atoms with Gasteiger partial charge in [-0.25, -0.2) is 4.79 Å². The second kappa shape index (κ2) is 6.63. The highest BCUT2D eigenvalue weighted by atomic mass is 19.4. The average Bonchev–Trinajstić information content (AvgIpc) is 2.53. The van der Waals surface area contributed by atoms with Crippen molar-refractivity contribution in [1.82, 2.24) is 9.80 Å². The molecule has 2 rings (SSSR count). The molecule has 1 fully saturated rings. The van der Waals surface area contributed by atoms with E-state index in [0.717, 1.165) is 12.1 Å². The first-order valence-electron chi connectivity index (χ1n) is 7.18. The minimum atomic E-state index is -4.68. The summed E-state index contributed by atoms with van der Waals surface area (Å²) < 4.78 is 38.8. The molecule has 1 unspecified atom stereocenters. The van der Waals surface area contributed by atoms with Gasteiger partial charge in [0.05, 0.1) is 10.5 Å². The number of benzene rings is 1. The van der Waals surface area contributed by atoms with Gasteiger partial charge in [0.1, 0.15) is 0 Å². The number of hydrogen-bond acceptors (Lipinski definition) is 4. The molecule has 1 aliphatic rings. The molecule has 1 aromatic rings. The molecule has 1 N–H and O–H groups in total. The quantitative estimate of drug-likeness (QED) is 0.671. The monoisotopic (exact) mass is 347 g/mol. The second-order valence-corrected chi connectivity index (χ2v) is 5.55. The number of non-ortho nitro benzene ring substituents is 1. The van der Waals surface area contributed by atoms with Crippen molar-refractivity contribution in [2.45, 2.75) is 19.1 Å². The largest absolute Gasteiger partial charge is 0.465 e. The second-order valence-electron chi connectivity index (χ2n) is 5.55. The number of nitro groups is 1. The van der Waals surface area contributed by atoms with Gasteiger partial charge < -0.3 is 10.0 Å². The summed E-state index contributed by atoms with van der Waals surface area (Å²) in [4.78, 5) is 24.0. The average molecular weight is 347 g/mol. The van der Waals surface area contributed by atoms with E-state index < -0.39 is 34.5 Å². The minimum absolute atomic E-state index is 0.181. The standard InChI is InChI=1S/C14H16F3N3O4/c1-9(18-2-4-19(5-3-18)13(21)22)10-6-11(14(15,16)17)8-12(7-10)20(23)24/h6-9H,2-5H2,1H3,(H,21,22). The first-order valence-corrected chi connectivity index (χ1v) is 7.18. The van der Waals surface area contributed by atoms with Gasteiger partial charge in [-0.3, -0.25) is 15.0 Å². The van der Waals surface area contributed by atoms with Crippen LogP contribution in [0, 0.1) is 10.1 Å². The lowest BCUT2D eigenvalue weighted by Crippen LogP contribution is -2.48. The number of hydrogen-bond donors (Lipinski definition) is 1. The van der Waals surface area contributed by atoms with E-state index in [2.05, 4.69) is 0 Å². The Labute approximate surface area is 135 Å². The van der Waals surface area contributed by atoms with Gasteiger partial charge in [-0.1, -0.05) is 0 Å². The third kappa shape index (κ3) is 3.94. The van der Waals surface area contributed by atoms with Crippen LogP contribution in [0.2, 0.25) is 0 Å². The Kier molecular flexibility index (Phi) is 4.97. The Bertz CT molecular complexity index is 643. The van der Waals surface area contributed by atoms with Crippen LogP contribution < -0.4 is 0 Å². The number of piperazine rings is 1. The molecule has 1 atom stereocenters. The summed E-state index contributed by atoms with van der Waals surface area (Å²) in [5.74, 6) is 0. The molecule has 0 aliphatic carbocycles. The summed E-state index contributed by atoms with van der Waals surface area (Å²) >= 11 is 0. The van der Waals surface area contributed by atoms with Crippen molar-refractivity contribution in [3.63, 3.8) is 0 Å². The van der Waals surface area contributed by atoms with Crippen LogP contribution in [0.3, 0.4) is 0 Å². The topological polar surface area (TPSA) is 86.9 Å². The Balaban J connectivity index is 2.26. The highest BCUT2D eigenvalue weighted by Crippen LogP contribution is 2.35. The number of carbonyl (C=O) groups is 1. The van der Waals surface area contributed by atoms with Gasteiger partial charge in [0, 0.05) is 44.4 Å². The van der Waals surface area contributed by atoms with Crippen molar-refractivity contribution >= 4 is 11.8 Å². The summed E-state index contributed by atoms with van der Waals surface area (Å²) in [5, 5.41) is 19.8. The highest BCUT2D eigenvalue weighted by Gasteiger charge is 2.34. The van der Waals surface area contributed by atoms with E-state index in [9.17, 15) is 28.1 Å². The molecule has 0 bridgehead atoms. The van der Waals surface area contributed by atoms with Crippen LogP contribution in [0.4, 0.5) is 23.7 Å². The third-order valence-corrected chi connectivity index (χ3v) is 4.09. The molecule has 1 aromatic carbocycles. The van der Waals surface area contributed by atoms with Gasteiger partial charge in [0.2, 0.25) is 0 Å². The van der Waals surface area contributed by atoms with Gasteiger partial charge >= 0.3 is 12.3 Å². The maximum Gasteiger partial charge on any atom is 0.416 e. The zero-order valence-electron chi connectivity index (χ0n) is 12.8. The van der Waals surface area contributed by atoms with Crippen LogP contribution in [0.5, 0.6) is 0 Å². The molecule has 7 nitrogen and oxygen atoms in total. The Morgan fingerprint density at radius 2 is 1.83 bits per heavy atom. The van der Waals surface area contributed by atoms with Crippen LogP contribution in [-0.4, -0.2) is 52.1 Å². The molecule has 10 heteroatoms. The van der Waals surface area contributed by atoms with Gasteiger partial charge in [-0.05, 0) is 18.6 Å². The van der Waals surface area contributed by atoms with E-state index in [0.29, 0.717) is 19.2 Å². The zero-order chi connectivity index (χ0) is 18.1. The molecule has 0 spiro atoms. The molecule has 0 saturated carbocycles. The molecule has 24 heavy (non-hydrogen) atoms. The fraction of sp³-hybridized carbons (Fsp3) is 0.500. The maximum atomic E-state index is 12.9. The lowest BCUT2D eigenvalue weighted by molar-refractivity contribution is -0.385. The first-order chi connectivity index (χ1) is 11.1. The number of carboxylic acid groups (broad SMARTS) is 1. The van der Waals surface area contributed by atoms with E-state index in [1.807, 2.05) is 0 Å². The van der Waals surface area contributed by atoms with E-state index in [4.69, 9.17) is 5.11 Å². The summed E-state index contributed by atoms with van der Waals surface area (Å²) in [6, 6.07) is 2.05. The summed E-state index contributed by atoms with van der Waals surface area (Å²) in [6.45, 7) is 2.81. The smallest absolute Gasteiger partial charge is 0.416 e. The highest BCUT2D eigenvalue weighted by molar-refractivity contribution is 5.65. The van der Waals surface area contributed by atoms with Crippen molar-refractivity contribution in [1.29, 1.82) is 0 Å². The number of amides is 1. The minimum Gasteiger partial charge on any atom is -0.465 e. The summed E-state index contributed by atoms with van der Waals surface area (Å²) in [5.41, 5.74) is -1.50. The fourth-order valence-electron chi connectivity index (χ4n) is 2.66. The van der Waals surface area contributed by atoms with E-state index in [-0.39, 0.29) is 18.7 Å². The first kappa shape index (κ1) is 18.0. The molecular weight excluding hydrogens is 331 g/mol. The van der Waals surface area contributed by atoms with E-state index in [1.54, 1.807) is 11.8 Å². The van der Waals surface area contributed by atoms with Crippen LogP contribution in [0.1, 0.15) is 24.1 Å². The van der Waals surface area contributed by atoms with Crippen molar-refractivity contribution in [3.8, 4) is 0 Å². The van der Waals surface area contributed by atoms with Crippen LogP contribution in [-0.2, 0) is 6.18 Å². The maximum absolute atomic E-state index is 12.9. The van der Waals surface area contributed by atoms with Crippen molar-refractivity contribution < 1.29 is 28.0 Å². The van der Waals surface area contributed by atoms with Crippen molar-refractivity contribution in [2.24, 2.45) is 0 Å². The number of alkyl halides is 3. The summed E-state index contributed by atoms with van der Waals surface area (Å²) in [6.07, 6.45) is -5.72. The molecule has 1 amide bonds. The zero-order valence-corrected chi connectivity index (χ0v) is 12.8. The number of halogens is 3. The molecule has 132 valence electrons. The Morgan fingerprint density at radius 3 is 2.29 bits per heavy atom. The predicted molar refractivity (Wildman–Crippen MR) is 77.7 cm³/mol. The van der Waals surface area contributed by atoms with E-state index in [1.165, 1.54) is 4.90 Å². The van der Waals surface area contributed by atoms with Crippen LogP contribution >= 0.6 is 0 Å². The van der Waals surface area contributed by atoms with Gasteiger partial charge in [-0.2, -0.15) is 13.2 Å². The summed E-state index contributed by atoms with van der Waals surface area (Å²) in [7, 11) is 0. The number of nitrogens with zero attached hydrogens (tertiary/aromatic N) is 3. The van der Waals surface area contributed by atoms with Crippen molar-refractivity contribution in [2.75, 3.05) is 26.2 Å². The van der Waals surface area contributed by atoms with Crippen LogP contribution in [0.15, 0.2) is 18.2 Å². The molecule has 1 heterocycles. The Hall–Kier alpha value is -2.36. The fourth-order valence-corrected chi connectivity index (χ4v) is 2.66. The molecule has 1 saturated heterocycles. The third-order valence-electron chi connectivity index (χ3n) is 4.09. The van der Waals surface area contributed by atoms with Gasteiger partial charge in [-0.15, -0.1) is 0 Å². The van der Waals surface area contributed by atoms with Crippen LogP contribution in [0.25, 0.3) is 0 Å². The molecule has 0 radical (unpaired) electrons. The Morgan fingerprint density at radius 1 is 1.25 bits per heavy atom. The lowest BCUT2D eigenvalue weighted by atomic mass is 10.0. The SMILES string of the molecule is CC(c1cc([N+](=O)[O-])cc(C(F)(F)F)c1)N1CCN(C(=O)O)CC1. The van der Waals surface area contributed by atoms with Gasteiger partial charge in [0.15, 0.2) is 0 Å². The molecule has 0 aromatic heterocycles. The van der Waals surface area contributed by atoms with Crippen molar-refractivity contribution in [3.05, 3.63) is 39.4 Å². The lowest BCUT2D eigenvalue weighted by Gasteiger charge is -2.37.